The maximum Gasteiger partial charge on any atom is 0.357 e. The van der Waals surface area contributed by atoms with Gasteiger partial charge in [-0.25, -0.2) is 4.79 Å². The summed E-state index contributed by atoms with van der Waals surface area (Å²) < 4.78 is 11.8. The van der Waals surface area contributed by atoms with Crippen LogP contribution in [0.2, 0.25) is 0 Å². The van der Waals surface area contributed by atoms with E-state index in [0.717, 1.165) is 11.4 Å². The lowest BCUT2D eigenvalue weighted by molar-refractivity contribution is 0.0518. The standard InChI is InChI=1S/C14H16N2O3.ClH/c1-3-19-14(17)13-12(15)8-9-16(13)10-4-6-11(18-2)7-5-10;/h4-9H,3,15H2,1-2H3;1H. The highest BCUT2D eigenvalue weighted by Crippen LogP contribution is 2.22. The van der Waals surface area contributed by atoms with Crippen LogP contribution in [0.4, 0.5) is 5.69 Å². The highest BCUT2D eigenvalue weighted by molar-refractivity contribution is 5.94. The second-order valence-electron chi connectivity index (χ2n) is 3.91. The van der Waals surface area contributed by atoms with Crippen LogP contribution in [-0.2, 0) is 4.74 Å². The minimum Gasteiger partial charge on any atom is -0.497 e. The van der Waals surface area contributed by atoms with Crippen molar-refractivity contribution >= 4 is 24.1 Å². The third-order valence-corrected chi connectivity index (χ3v) is 2.74. The van der Waals surface area contributed by atoms with Crippen LogP contribution in [0.15, 0.2) is 36.5 Å². The van der Waals surface area contributed by atoms with Gasteiger partial charge in [0.05, 0.1) is 19.4 Å². The number of hydrogen-bond donors (Lipinski definition) is 1. The molecule has 0 aliphatic carbocycles. The first-order valence-electron chi connectivity index (χ1n) is 5.95. The number of carbonyl (C=O) groups excluding carboxylic acids is 1. The smallest absolute Gasteiger partial charge is 0.357 e. The molecule has 1 aromatic heterocycles. The Labute approximate surface area is 123 Å². The Hall–Kier alpha value is -2.14. The summed E-state index contributed by atoms with van der Waals surface area (Å²) >= 11 is 0. The van der Waals surface area contributed by atoms with Crippen LogP contribution in [0.1, 0.15) is 17.4 Å². The Morgan fingerprint density at radius 2 is 1.90 bits per heavy atom. The highest BCUT2D eigenvalue weighted by Gasteiger charge is 2.17. The number of halogens is 1. The first-order chi connectivity index (χ1) is 9.17. The predicted molar refractivity (Wildman–Crippen MR) is 79.9 cm³/mol. The number of nitrogens with two attached hydrogens (primary N) is 1. The van der Waals surface area contributed by atoms with Crippen molar-refractivity contribution in [3.05, 3.63) is 42.2 Å². The molecular weight excluding hydrogens is 280 g/mol. The van der Waals surface area contributed by atoms with E-state index < -0.39 is 5.97 Å². The van der Waals surface area contributed by atoms with Gasteiger partial charge in [-0.3, -0.25) is 0 Å². The fourth-order valence-electron chi connectivity index (χ4n) is 1.82. The molecule has 0 radical (unpaired) electrons. The molecule has 1 aromatic carbocycles. The number of benzene rings is 1. The summed E-state index contributed by atoms with van der Waals surface area (Å²) in [6.07, 6.45) is 1.74. The molecule has 0 saturated heterocycles. The second-order valence-corrected chi connectivity index (χ2v) is 3.91. The fourth-order valence-corrected chi connectivity index (χ4v) is 1.82. The van der Waals surface area contributed by atoms with Gasteiger partial charge in [0.1, 0.15) is 5.75 Å². The number of nitrogen functional groups attached to an aromatic ring is 1. The van der Waals surface area contributed by atoms with E-state index in [2.05, 4.69) is 0 Å². The topological polar surface area (TPSA) is 66.5 Å². The Morgan fingerprint density at radius 3 is 2.45 bits per heavy atom. The van der Waals surface area contributed by atoms with Gasteiger partial charge in [-0.05, 0) is 37.3 Å². The Bertz CT molecular complexity index is 579. The van der Waals surface area contributed by atoms with E-state index in [0.29, 0.717) is 18.0 Å². The van der Waals surface area contributed by atoms with Gasteiger partial charge in [-0.1, -0.05) is 0 Å². The van der Waals surface area contributed by atoms with Crippen LogP contribution in [0.5, 0.6) is 5.75 Å². The summed E-state index contributed by atoms with van der Waals surface area (Å²) in [7, 11) is 1.60. The quantitative estimate of drug-likeness (QED) is 0.881. The third kappa shape index (κ3) is 3.05. The largest absolute Gasteiger partial charge is 0.497 e. The average Bonchev–Trinajstić information content (AvgIpc) is 2.81. The molecule has 5 nitrogen and oxygen atoms in total. The average molecular weight is 297 g/mol. The maximum absolute atomic E-state index is 11.9. The number of ether oxygens (including phenoxy) is 2. The SMILES string of the molecule is CCOC(=O)c1c(N)ccn1-c1ccc(OC)cc1.Cl. The highest BCUT2D eigenvalue weighted by atomic mass is 35.5. The normalized spacial score (nSPS) is 9.70. The number of nitrogens with zero attached hydrogens (tertiary/aromatic N) is 1. The summed E-state index contributed by atoms with van der Waals surface area (Å²) in [5.41, 5.74) is 7.38. The van der Waals surface area contributed by atoms with Crippen LogP contribution < -0.4 is 10.5 Å². The fraction of sp³-hybridized carbons (Fsp3) is 0.214. The molecular formula is C14H17ClN2O3. The van der Waals surface area contributed by atoms with Crippen LogP contribution in [0, 0.1) is 0 Å². The molecule has 0 saturated carbocycles. The zero-order valence-electron chi connectivity index (χ0n) is 11.3. The first-order valence-corrected chi connectivity index (χ1v) is 5.95. The zero-order valence-corrected chi connectivity index (χ0v) is 12.1. The van der Waals surface area contributed by atoms with Crippen molar-refractivity contribution in [2.45, 2.75) is 6.92 Å². The molecule has 0 fully saturated rings. The molecule has 0 bridgehead atoms. The molecule has 0 amide bonds. The summed E-state index contributed by atoms with van der Waals surface area (Å²) in [4.78, 5) is 11.9. The van der Waals surface area contributed by atoms with Gasteiger partial charge in [0.25, 0.3) is 0 Å². The molecule has 1 heterocycles. The predicted octanol–water partition coefficient (Wildman–Crippen LogP) is 2.67. The van der Waals surface area contributed by atoms with Crippen molar-refractivity contribution in [1.29, 1.82) is 0 Å². The lowest BCUT2D eigenvalue weighted by Gasteiger charge is -2.10. The minimum absolute atomic E-state index is 0. The van der Waals surface area contributed by atoms with Gasteiger partial charge >= 0.3 is 5.97 Å². The number of rotatable bonds is 4. The Kier molecular flexibility index (Phi) is 5.46. The van der Waals surface area contributed by atoms with Crippen LogP contribution in [0.3, 0.4) is 0 Å². The molecule has 2 N–H and O–H groups in total. The molecule has 0 aliphatic rings. The molecule has 0 spiro atoms. The monoisotopic (exact) mass is 296 g/mol. The van der Waals surface area contributed by atoms with Gasteiger partial charge in [-0.2, -0.15) is 0 Å². The van der Waals surface area contributed by atoms with Crippen molar-refractivity contribution in [3.8, 4) is 11.4 Å². The number of hydrogen-bond acceptors (Lipinski definition) is 4. The summed E-state index contributed by atoms with van der Waals surface area (Å²) in [5.74, 6) is 0.322. The molecule has 6 heteroatoms. The van der Waals surface area contributed by atoms with Crippen molar-refractivity contribution in [2.24, 2.45) is 0 Å². The van der Waals surface area contributed by atoms with Gasteiger partial charge in [0.15, 0.2) is 5.69 Å². The number of anilines is 1. The van der Waals surface area contributed by atoms with E-state index >= 15 is 0 Å². The van der Waals surface area contributed by atoms with E-state index in [1.165, 1.54) is 0 Å². The number of aromatic nitrogens is 1. The van der Waals surface area contributed by atoms with Crippen molar-refractivity contribution in [1.82, 2.24) is 4.57 Å². The Balaban J connectivity index is 0.00000200. The Morgan fingerprint density at radius 1 is 1.25 bits per heavy atom. The van der Waals surface area contributed by atoms with Gasteiger partial charge in [0, 0.05) is 11.9 Å². The molecule has 0 unspecified atom stereocenters. The van der Waals surface area contributed by atoms with E-state index in [4.69, 9.17) is 15.2 Å². The minimum atomic E-state index is -0.430. The maximum atomic E-state index is 11.9. The molecule has 2 aromatic rings. The van der Waals surface area contributed by atoms with Crippen molar-refractivity contribution in [3.63, 3.8) is 0 Å². The first kappa shape index (κ1) is 15.9. The third-order valence-electron chi connectivity index (χ3n) is 2.74. The summed E-state index contributed by atoms with van der Waals surface area (Å²) in [6.45, 7) is 2.07. The molecule has 20 heavy (non-hydrogen) atoms. The van der Waals surface area contributed by atoms with E-state index in [1.54, 1.807) is 30.9 Å². The van der Waals surface area contributed by atoms with E-state index in [-0.39, 0.29) is 12.4 Å². The van der Waals surface area contributed by atoms with Crippen molar-refractivity contribution in [2.75, 3.05) is 19.5 Å². The zero-order chi connectivity index (χ0) is 13.8. The van der Waals surface area contributed by atoms with Gasteiger partial charge in [-0.15, -0.1) is 12.4 Å². The van der Waals surface area contributed by atoms with E-state index in [9.17, 15) is 4.79 Å². The molecule has 108 valence electrons. The molecule has 0 aliphatic heterocycles. The van der Waals surface area contributed by atoms with Crippen LogP contribution >= 0.6 is 12.4 Å². The molecule has 0 atom stereocenters. The lowest BCUT2D eigenvalue weighted by atomic mass is 10.3. The summed E-state index contributed by atoms with van der Waals surface area (Å²) in [5, 5.41) is 0. The lowest BCUT2D eigenvalue weighted by Crippen LogP contribution is -2.12. The number of carbonyl (C=O) groups is 1. The second kappa shape index (κ2) is 6.86. The molecule has 2 rings (SSSR count). The van der Waals surface area contributed by atoms with Crippen LogP contribution in [-0.4, -0.2) is 24.3 Å². The van der Waals surface area contributed by atoms with Gasteiger partial charge in [0.2, 0.25) is 0 Å². The number of methoxy groups -OCH3 is 1. The summed E-state index contributed by atoms with van der Waals surface area (Å²) in [6, 6.07) is 9.01. The number of esters is 1. The van der Waals surface area contributed by atoms with Crippen molar-refractivity contribution < 1.29 is 14.3 Å². The van der Waals surface area contributed by atoms with Crippen LogP contribution in [0.25, 0.3) is 5.69 Å². The van der Waals surface area contributed by atoms with Gasteiger partial charge < -0.3 is 19.8 Å². The van der Waals surface area contributed by atoms with E-state index in [1.807, 2.05) is 24.3 Å².